The average Bonchev–Trinajstić information content (AvgIpc) is 3.15. The lowest BCUT2D eigenvalue weighted by molar-refractivity contribution is -0.135. The average molecular weight is 492 g/mol. The second-order valence-electron chi connectivity index (χ2n) is 8.31. The third-order valence-electron chi connectivity index (χ3n) is 5.75. The molecule has 1 saturated carbocycles. The number of halogens is 1. The van der Waals surface area contributed by atoms with E-state index in [4.69, 9.17) is 4.99 Å². The van der Waals surface area contributed by atoms with Gasteiger partial charge in [0, 0.05) is 38.1 Å². The van der Waals surface area contributed by atoms with Gasteiger partial charge in [-0.15, -0.1) is 24.0 Å². The van der Waals surface area contributed by atoms with Crippen molar-refractivity contribution in [3.63, 3.8) is 0 Å². The molecule has 2 rings (SSSR count). The van der Waals surface area contributed by atoms with E-state index in [1.807, 2.05) is 18.7 Å². The van der Waals surface area contributed by atoms with Crippen LogP contribution in [0.15, 0.2) is 4.99 Å². The van der Waals surface area contributed by atoms with E-state index in [0.717, 1.165) is 50.9 Å². The quantitative estimate of drug-likeness (QED) is 0.232. The molecular formula is C21H41IN4O. The highest BCUT2D eigenvalue weighted by molar-refractivity contribution is 14.0. The molecule has 0 bridgehead atoms. The van der Waals surface area contributed by atoms with Crippen molar-refractivity contribution in [1.82, 2.24) is 15.5 Å². The van der Waals surface area contributed by atoms with Crippen LogP contribution in [0, 0.1) is 11.8 Å². The lowest BCUT2D eigenvalue weighted by atomic mass is 10.0. The molecule has 2 fully saturated rings. The lowest BCUT2D eigenvalue weighted by Crippen LogP contribution is -2.50. The van der Waals surface area contributed by atoms with E-state index in [9.17, 15) is 4.79 Å². The highest BCUT2D eigenvalue weighted by Crippen LogP contribution is 2.28. The number of guanidine groups is 1. The minimum Gasteiger partial charge on any atom is -0.357 e. The lowest BCUT2D eigenvalue weighted by Gasteiger charge is -2.34. The molecule has 0 aromatic rings. The Morgan fingerprint density at radius 3 is 2.37 bits per heavy atom. The second-order valence-corrected chi connectivity index (χ2v) is 8.31. The van der Waals surface area contributed by atoms with Gasteiger partial charge in [0.05, 0.1) is 0 Å². The van der Waals surface area contributed by atoms with E-state index in [-0.39, 0.29) is 35.8 Å². The first-order valence-electron chi connectivity index (χ1n) is 10.9. The normalized spacial score (nSPS) is 19.3. The van der Waals surface area contributed by atoms with E-state index in [0.29, 0.717) is 6.04 Å². The fourth-order valence-electron chi connectivity index (χ4n) is 4.16. The van der Waals surface area contributed by atoms with Gasteiger partial charge in [-0.25, -0.2) is 0 Å². The first-order valence-corrected chi connectivity index (χ1v) is 10.9. The summed E-state index contributed by atoms with van der Waals surface area (Å²) in [5, 5.41) is 6.95. The molecule has 0 aromatic carbocycles. The molecule has 2 N–H and O–H groups in total. The molecule has 0 radical (unpaired) electrons. The third-order valence-corrected chi connectivity index (χ3v) is 5.75. The van der Waals surface area contributed by atoms with Crippen LogP contribution >= 0.6 is 24.0 Å². The number of nitrogens with zero attached hydrogens (tertiary/aromatic N) is 2. The number of unbranched alkanes of at least 4 members (excludes halogenated alkanes) is 1. The van der Waals surface area contributed by atoms with Crippen LogP contribution in [0.2, 0.25) is 0 Å². The molecule has 5 nitrogen and oxygen atoms in total. The number of piperidine rings is 1. The van der Waals surface area contributed by atoms with E-state index in [1.165, 1.54) is 44.9 Å². The van der Waals surface area contributed by atoms with Crippen molar-refractivity contribution in [2.24, 2.45) is 16.8 Å². The fraction of sp³-hybridized carbons (Fsp3) is 0.905. The molecule has 1 aliphatic carbocycles. The van der Waals surface area contributed by atoms with Crippen molar-refractivity contribution in [3.05, 3.63) is 0 Å². The molecule has 6 heteroatoms. The van der Waals surface area contributed by atoms with Crippen molar-refractivity contribution in [1.29, 1.82) is 0 Å². The topological polar surface area (TPSA) is 56.7 Å². The standard InChI is InChI=1S/C21H40N4O.HI/c1-4-22-21(23-14-8-7-11-18-9-5-6-10-18)24-19-12-15-25(16-13-19)20(26)17(2)3;/h17-19H,4-16H2,1-3H3,(H2,22,23,24);1H. The Kier molecular flexibility index (Phi) is 12.4. The summed E-state index contributed by atoms with van der Waals surface area (Å²) in [5.74, 6) is 2.32. The summed E-state index contributed by atoms with van der Waals surface area (Å²) >= 11 is 0. The number of rotatable bonds is 8. The number of likely N-dealkylation sites (tertiary alicyclic amines) is 1. The van der Waals surface area contributed by atoms with Crippen LogP contribution in [0.3, 0.4) is 0 Å². The Morgan fingerprint density at radius 2 is 1.78 bits per heavy atom. The Labute approximate surface area is 183 Å². The van der Waals surface area contributed by atoms with Crippen LogP contribution in [-0.4, -0.2) is 49.0 Å². The number of aliphatic imine (C=N–C) groups is 1. The number of hydrogen-bond donors (Lipinski definition) is 2. The Hall–Kier alpha value is -0.530. The monoisotopic (exact) mass is 492 g/mol. The second kappa shape index (κ2) is 13.6. The van der Waals surface area contributed by atoms with Crippen LogP contribution in [0.4, 0.5) is 0 Å². The van der Waals surface area contributed by atoms with Crippen LogP contribution in [-0.2, 0) is 4.79 Å². The van der Waals surface area contributed by atoms with Crippen LogP contribution in [0.1, 0.15) is 78.6 Å². The summed E-state index contributed by atoms with van der Waals surface area (Å²) < 4.78 is 0. The van der Waals surface area contributed by atoms with Gasteiger partial charge in [0.1, 0.15) is 0 Å². The molecule has 1 aliphatic heterocycles. The molecule has 0 aromatic heterocycles. The zero-order chi connectivity index (χ0) is 18.8. The number of hydrogen-bond acceptors (Lipinski definition) is 2. The molecule has 0 spiro atoms. The van der Waals surface area contributed by atoms with Crippen molar-refractivity contribution in [3.8, 4) is 0 Å². The zero-order valence-electron chi connectivity index (χ0n) is 17.6. The van der Waals surface area contributed by atoms with Gasteiger partial charge in [0.2, 0.25) is 5.91 Å². The smallest absolute Gasteiger partial charge is 0.225 e. The Morgan fingerprint density at radius 1 is 1.11 bits per heavy atom. The minimum absolute atomic E-state index is 0. The van der Waals surface area contributed by atoms with Crippen LogP contribution < -0.4 is 10.6 Å². The van der Waals surface area contributed by atoms with Gasteiger partial charge in [0.15, 0.2) is 5.96 Å². The maximum Gasteiger partial charge on any atom is 0.225 e. The van der Waals surface area contributed by atoms with Gasteiger partial charge in [-0.3, -0.25) is 9.79 Å². The third kappa shape index (κ3) is 9.01. The van der Waals surface area contributed by atoms with E-state index >= 15 is 0 Å². The van der Waals surface area contributed by atoms with Gasteiger partial charge in [-0.2, -0.15) is 0 Å². The molecule has 0 atom stereocenters. The summed E-state index contributed by atoms with van der Waals surface area (Å²) in [4.78, 5) is 18.9. The highest BCUT2D eigenvalue weighted by atomic mass is 127. The number of nitrogens with one attached hydrogen (secondary N) is 2. The largest absolute Gasteiger partial charge is 0.357 e. The summed E-state index contributed by atoms with van der Waals surface area (Å²) in [6.45, 7) is 9.59. The summed E-state index contributed by atoms with van der Waals surface area (Å²) in [6, 6.07) is 0.419. The van der Waals surface area contributed by atoms with Crippen molar-refractivity contribution in [2.45, 2.75) is 84.6 Å². The Bertz CT molecular complexity index is 441. The van der Waals surface area contributed by atoms with Gasteiger partial charge in [0.25, 0.3) is 0 Å². The maximum atomic E-state index is 12.1. The molecule has 1 saturated heterocycles. The summed E-state index contributed by atoms with van der Waals surface area (Å²) in [7, 11) is 0. The maximum absolute atomic E-state index is 12.1. The number of carbonyl (C=O) groups is 1. The molecule has 2 aliphatic rings. The first kappa shape index (κ1) is 24.5. The zero-order valence-corrected chi connectivity index (χ0v) is 20.0. The molecule has 27 heavy (non-hydrogen) atoms. The molecule has 0 unspecified atom stereocenters. The van der Waals surface area contributed by atoms with Gasteiger partial charge in [-0.05, 0) is 32.1 Å². The van der Waals surface area contributed by atoms with Crippen LogP contribution in [0.5, 0.6) is 0 Å². The highest BCUT2D eigenvalue weighted by Gasteiger charge is 2.24. The van der Waals surface area contributed by atoms with Crippen molar-refractivity contribution < 1.29 is 4.79 Å². The summed E-state index contributed by atoms with van der Waals surface area (Å²) in [5.41, 5.74) is 0. The predicted octanol–water partition coefficient (Wildman–Crippen LogP) is 4.17. The Balaban J connectivity index is 0.00000364. The van der Waals surface area contributed by atoms with Crippen molar-refractivity contribution >= 4 is 35.8 Å². The van der Waals surface area contributed by atoms with Gasteiger partial charge in [-0.1, -0.05) is 52.4 Å². The SMILES string of the molecule is CCNC(=NCCCCC1CCCC1)NC1CCN(C(=O)C(C)C)CC1.I. The number of carbonyl (C=O) groups excluding carboxylic acids is 1. The first-order chi connectivity index (χ1) is 12.6. The van der Waals surface area contributed by atoms with E-state index < -0.39 is 0 Å². The van der Waals surface area contributed by atoms with Gasteiger partial charge >= 0.3 is 0 Å². The molecule has 1 amide bonds. The molecule has 158 valence electrons. The molecule has 1 heterocycles. The van der Waals surface area contributed by atoms with Crippen molar-refractivity contribution in [2.75, 3.05) is 26.2 Å². The van der Waals surface area contributed by atoms with Crippen LogP contribution in [0.25, 0.3) is 0 Å². The fourth-order valence-corrected chi connectivity index (χ4v) is 4.16. The van der Waals surface area contributed by atoms with E-state index in [2.05, 4.69) is 17.6 Å². The number of amides is 1. The van der Waals surface area contributed by atoms with E-state index in [1.54, 1.807) is 0 Å². The molecular weight excluding hydrogens is 451 g/mol. The van der Waals surface area contributed by atoms with Gasteiger partial charge < -0.3 is 15.5 Å². The summed E-state index contributed by atoms with van der Waals surface area (Å²) in [6.07, 6.45) is 11.7. The minimum atomic E-state index is 0. The predicted molar refractivity (Wildman–Crippen MR) is 125 cm³/mol.